The van der Waals surface area contributed by atoms with Gasteiger partial charge in [0, 0.05) is 11.5 Å². The van der Waals surface area contributed by atoms with Gasteiger partial charge in [-0.2, -0.15) is 0 Å². The third kappa shape index (κ3) is 4.23. The number of unbranched alkanes of at least 4 members (excludes halogenated alkanes) is 3. The fourth-order valence-corrected chi connectivity index (χ4v) is 10.3. The summed E-state index contributed by atoms with van der Waals surface area (Å²) < 4.78 is 0. The van der Waals surface area contributed by atoms with Crippen molar-refractivity contribution in [2.75, 3.05) is 0 Å². The molecule has 1 nitrogen and oxygen atoms in total. The zero-order valence-corrected chi connectivity index (χ0v) is 17.8. The number of hydrogen-bond acceptors (Lipinski definition) is 1. The zero-order valence-electron chi connectivity index (χ0n) is 16.8. The van der Waals surface area contributed by atoms with Gasteiger partial charge in [-0.1, -0.05) is 84.2 Å². The fraction of sp³-hybridized carbons (Fsp3) is 0.522. The van der Waals surface area contributed by atoms with E-state index >= 15 is 0 Å². The standard InChI is InChI=1S/C23H35NSi/c1-6-7-8-9-14-21-15-10-11-16-22(21)25(19(2)3,20(4)5)23-17-12-13-18-24-23/h10-13,15-20H,6-9,14H2,1-5H3. The van der Waals surface area contributed by atoms with Crippen molar-refractivity contribution in [3.63, 3.8) is 0 Å². The molecule has 0 spiro atoms. The van der Waals surface area contributed by atoms with E-state index < -0.39 is 8.07 Å². The van der Waals surface area contributed by atoms with Crippen LogP contribution in [0.3, 0.4) is 0 Å². The first-order chi connectivity index (χ1) is 12.0. The van der Waals surface area contributed by atoms with Crippen molar-refractivity contribution in [3.05, 3.63) is 54.2 Å². The highest BCUT2D eigenvalue weighted by atomic mass is 28.3. The summed E-state index contributed by atoms with van der Waals surface area (Å²) in [6, 6.07) is 15.7. The van der Waals surface area contributed by atoms with Crippen molar-refractivity contribution in [1.82, 2.24) is 4.98 Å². The largest absolute Gasteiger partial charge is 0.266 e. The molecule has 2 rings (SSSR count). The molecule has 1 heterocycles. The van der Waals surface area contributed by atoms with Crippen molar-refractivity contribution < 1.29 is 0 Å². The van der Waals surface area contributed by atoms with E-state index in [1.54, 1.807) is 10.8 Å². The molecule has 1 aromatic heterocycles. The van der Waals surface area contributed by atoms with Gasteiger partial charge in [0.05, 0.1) is 0 Å². The van der Waals surface area contributed by atoms with E-state index in [4.69, 9.17) is 4.98 Å². The van der Waals surface area contributed by atoms with Crippen LogP contribution in [0.4, 0.5) is 0 Å². The summed E-state index contributed by atoms with van der Waals surface area (Å²) in [5, 5.41) is 2.97. The zero-order chi connectivity index (χ0) is 18.3. The highest BCUT2D eigenvalue weighted by Gasteiger charge is 2.45. The van der Waals surface area contributed by atoms with Crippen LogP contribution in [0, 0.1) is 0 Å². The first-order valence-electron chi connectivity index (χ1n) is 10.0. The van der Waals surface area contributed by atoms with E-state index in [1.807, 2.05) is 12.3 Å². The minimum Gasteiger partial charge on any atom is -0.266 e. The average Bonchev–Trinajstić information content (AvgIpc) is 2.61. The lowest BCUT2D eigenvalue weighted by Gasteiger charge is -2.40. The van der Waals surface area contributed by atoms with E-state index in [2.05, 4.69) is 71.0 Å². The van der Waals surface area contributed by atoms with Crippen molar-refractivity contribution in [2.45, 2.75) is 77.8 Å². The van der Waals surface area contributed by atoms with Crippen LogP contribution in [0.25, 0.3) is 0 Å². The quantitative estimate of drug-likeness (QED) is 0.423. The molecule has 0 N–H and O–H groups in total. The second-order valence-corrected chi connectivity index (χ2v) is 13.0. The number of aromatic nitrogens is 1. The molecule has 0 radical (unpaired) electrons. The maximum absolute atomic E-state index is 4.88. The van der Waals surface area contributed by atoms with E-state index in [1.165, 1.54) is 37.4 Å². The van der Waals surface area contributed by atoms with Gasteiger partial charge in [-0.25, -0.2) is 0 Å². The Morgan fingerprint density at radius 1 is 0.840 bits per heavy atom. The van der Waals surface area contributed by atoms with Gasteiger partial charge in [0.2, 0.25) is 0 Å². The smallest absolute Gasteiger partial charge is 0.146 e. The summed E-state index contributed by atoms with van der Waals surface area (Å²) in [6.07, 6.45) is 8.47. The molecule has 0 saturated carbocycles. The molecule has 2 heteroatoms. The van der Waals surface area contributed by atoms with E-state index in [0.29, 0.717) is 11.1 Å². The number of pyridine rings is 1. The summed E-state index contributed by atoms with van der Waals surface area (Å²) in [5.74, 6) is 0. The van der Waals surface area contributed by atoms with E-state index in [9.17, 15) is 0 Å². The molecule has 25 heavy (non-hydrogen) atoms. The van der Waals surface area contributed by atoms with Gasteiger partial charge in [-0.3, -0.25) is 4.98 Å². The van der Waals surface area contributed by atoms with E-state index in [-0.39, 0.29) is 0 Å². The molecule has 0 unspecified atom stereocenters. The maximum atomic E-state index is 4.88. The molecule has 0 atom stereocenters. The second kappa shape index (κ2) is 9.33. The van der Waals surface area contributed by atoms with Crippen molar-refractivity contribution in [2.24, 2.45) is 0 Å². The molecule has 0 aliphatic rings. The van der Waals surface area contributed by atoms with Gasteiger partial charge < -0.3 is 0 Å². The lowest BCUT2D eigenvalue weighted by atomic mass is 10.1. The number of benzene rings is 1. The summed E-state index contributed by atoms with van der Waals surface area (Å²) in [4.78, 5) is 4.88. The molecule has 136 valence electrons. The monoisotopic (exact) mass is 353 g/mol. The SMILES string of the molecule is CCCCCCc1ccccc1[Si](c1ccccn1)(C(C)C)C(C)C. The lowest BCUT2D eigenvalue weighted by Crippen LogP contribution is -2.64. The third-order valence-corrected chi connectivity index (χ3v) is 11.8. The molecular weight excluding hydrogens is 318 g/mol. The Bertz CT molecular complexity index is 626. The second-order valence-electron chi connectivity index (χ2n) is 7.86. The summed E-state index contributed by atoms with van der Waals surface area (Å²) in [5.41, 5.74) is 2.82. The van der Waals surface area contributed by atoms with Gasteiger partial charge in [0.15, 0.2) is 0 Å². The predicted octanol–water partition coefficient (Wildman–Crippen LogP) is 5.59. The van der Waals surface area contributed by atoms with Gasteiger partial charge in [0.25, 0.3) is 0 Å². The number of nitrogens with zero attached hydrogens (tertiary/aromatic N) is 1. The van der Waals surface area contributed by atoms with Crippen LogP contribution in [0.5, 0.6) is 0 Å². The fourth-order valence-electron chi connectivity index (χ4n) is 4.51. The van der Waals surface area contributed by atoms with Crippen LogP contribution < -0.4 is 10.5 Å². The van der Waals surface area contributed by atoms with Crippen LogP contribution >= 0.6 is 0 Å². The predicted molar refractivity (Wildman–Crippen MR) is 114 cm³/mol. The molecule has 0 fully saturated rings. The molecule has 0 amide bonds. The van der Waals surface area contributed by atoms with Crippen molar-refractivity contribution in [3.8, 4) is 0 Å². The normalized spacial score (nSPS) is 12.1. The first kappa shape index (κ1) is 19.9. The average molecular weight is 354 g/mol. The molecule has 0 saturated heterocycles. The molecule has 1 aromatic carbocycles. The van der Waals surface area contributed by atoms with Crippen molar-refractivity contribution in [1.29, 1.82) is 0 Å². The topological polar surface area (TPSA) is 12.9 Å². The molecule has 2 aromatic rings. The highest BCUT2D eigenvalue weighted by Crippen LogP contribution is 2.32. The Labute approximate surface area is 155 Å². The number of rotatable bonds is 9. The van der Waals surface area contributed by atoms with Crippen LogP contribution in [0.15, 0.2) is 48.7 Å². The summed E-state index contributed by atoms with van der Waals surface area (Å²) in [6.45, 7) is 11.9. The Hall–Kier alpha value is -1.41. The van der Waals surface area contributed by atoms with Gasteiger partial charge in [0.1, 0.15) is 8.07 Å². The Morgan fingerprint density at radius 3 is 2.12 bits per heavy atom. The van der Waals surface area contributed by atoms with Gasteiger partial charge in [-0.15, -0.1) is 0 Å². The molecule has 0 aliphatic heterocycles. The Balaban J connectivity index is 2.52. The highest BCUT2D eigenvalue weighted by molar-refractivity contribution is 7.03. The Kier molecular flexibility index (Phi) is 7.43. The maximum Gasteiger partial charge on any atom is 0.146 e. The van der Waals surface area contributed by atoms with Crippen LogP contribution in [0.2, 0.25) is 11.1 Å². The van der Waals surface area contributed by atoms with Gasteiger partial charge >= 0.3 is 0 Å². The van der Waals surface area contributed by atoms with Crippen LogP contribution in [0.1, 0.15) is 65.9 Å². The van der Waals surface area contributed by atoms with Crippen LogP contribution in [-0.2, 0) is 6.42 Å². The molecular formula is C23H35NSi. The lowest BCUT2D eigenvalue weighted by molar-refractivity contribution is 0.667. The minimum absolute atomic E-state index is 0.624. The van der Waals surface area contributed by atoms with Gasteiger partial charge in [-0.05, 0) is 46.8 Å². The minimum atomic E-state index is -1.93. The third-order valence-electron chi connectivity index (χ3n) is 5.67. The summed E-state index contributed by atoms with van der Waals surface area (Å²) in [7, 11) is -1.93. The first-order valence-corrected chi connectivity index (χ1v) is 12.2. The number of hydrogen-bond donors (Lipinski definition) is 0. The molecule has 0 bridgehead atoms. The van der Waals surface area contributed by atoms with Crippen LogP contribution in [-0.4, -0.2) is 13.1 Å². The summed E-state index contributed by atoms with van der Waals surface area (Å²) >= 11 is 0. The Morgan fingerprint density at radius 2 is 1.52 bits per heavy atom. The van der Waals surface area contributed by atoms with Crippen molar-refractivity contribution >= 4 is 18.6 Å². The molecule has 0 aliphatic carbocycles. The van der Waals surface area contributed by atoms with E-state index in [0.717, 1.165) is 0 Å². The number of aryl methyl sites for hydroxylation is 1.